The molecule has 5 rings (SSSR count). The smallest absolute Gasteiger partial charge is 0.303 e. The van der Waals surface area contributed by atoms with E-state index in [1.54, 1.807) is 60.5 Å². The van der Waals surface area contributed by atoms with Crippen LogP contribution in [0.25, 0.3) is 22.0 Å². The van der Waals surface area contributed by atoms with Gasteiger partial charge in [-0.1, -0.05) is 41.9 Å². The molecule has 2 aromatic heterocycles. The second-order valence-corrected chi connectivity index (χ2v) is 9.42. The molecule has 38 heavy (non-hydrogen) atoms. The number of pyridine rings is 1. The Morgan fingerprint density at radius 2 is 1.89 bits per heavy atom. The van der Waals surface area contributed by atoms with E-state index in [4.69, 9.17) is 21.6 Å². The number of nitriles is 1. The Bertz CT molecular complexity index is 1760. The van der Waals surface area contributed by atoms with Crippen molar-refractivity contribution in [1.82, 2.24) is 14.1 Å². The Labute approximate surface area is 224 Å². The highest BCUT2D eigenvalue weighted by Crippen LogP contribution is 2.31. The van der Waals surface area contributed by atoms with E-state index in [1.165, 1.54) is 6.92 Å². The molecule has 0 saturated heterocycles. The molecule has 5 aromatic rings. The van der Waals surface area contributed by atoms with Gasteiger partial charge in [-0.25, -0.2) is 4.98 Å². The van der Waals surface area contributed by atoms with Gasteiger partial charge in [0, 0.05) is 37.0 Å². The Kier molecular flexibility index (Phi) is 6.82. The summed E-state index contributed by atoms with van der Waals surface area (Å²) in [6.45, 7) is 1.82. The summed E-state index contributed by atoms with van der Waals surface area (Å²) in [6.07, 6.45) is 2.68. The van der Waals surface area contributed by atoms with Gasteiger partial charge >= 0.3 is 5.97 Å². The number of carbonyl (C=O) groups excluding carboxylic acids is 1. The van der Waals surface area contributed by atoms with E-state index in [2.05, 4.69) is 17.1 Å². The van der Waals surface area contributed by atoms with E-state index in [9.17, 15) is 9.59 Å². The molecule has 2 heterocycles. The zero-order chi connectivity index (χ0) is 26.8. The largest absolute Gasteiger partial charge is 0.451 e. The molecule has 0 radical (unpaired) electrons. The molecular formula is C30H23ClN4O3. The number of benzene rings is 3. The molecule has 0 aliphatic heterocycles. The van der Waals surface area contributed by atoms with Crippen LogP contribution >= 0.6 is 11.6 Å². The number of carbonyl (C=O) groups is 1. The van der Waals surface area contributed by atoms with Crippen molar-refractivity contribution in [2.45, 2.75) is 19.6 Å². The first-order valence-electron chi connectivity index (χ1n) is 11.9. The van der Waals surface area contributed by atoms with Crippen molar-refractivity contribution in [3.63, 3.8) is 0 Å². The van der Waals surface area contributed by atoms with Gasteiger partial charge in [0.15, 0.2) is 6.10 Å². The number of esters is 1. The molecular weight excluding hydrogens is 500 g/mol. The fourth-order valence-corrected chi connectivity index (χ4v) is 4.77. The maximum absolute atomic E-state index is 12.7. The number of ether oxygens (including phenoxy) is 1. The van der Waals surface area contributed by atoms with E-state index in [0.29, 0.717) is 22.8 Å². The van der Waals surface area contributed by atoms with Crippen LogP contribution in [0.2, 0.25) is 5.02 Å². The van der Waals surface area contributed by atoms with E-state index in [1.807, 2.05) is 34.9 Å². The van der Waals surface area contributed by atoms with Gasteiger partial charge in [0.1, 0.15) is 0 Å². The summed E-state index contributed by atoms with van der Waals surface area (Å²) in [4.78, 5) is 29.0. The summed E-state index contributed by atoms with van der Waals surface area (Å²) in [7, 11) is 1.75. The fraction of sp³-hybridized carbons (Fsp3) is 0.133. The molecule has 0 spiro atoms. The van der Waals surface area contributed by atoms with Gasteiger partial charge in [-0.15, -0.1) is 0 Å². The van der Waals surface area contributed by atoms with Crippen molar-refractivity contribution in [3.05, 3.63) is 123 Å². The van der Waals surface area contributed by atoms with E-state index < -0.39 is 12.1 Å². The zero-order valence-electron chi connectivity index (χ0n) is 20.8. The lowest BCUT2D eigenvalue weighted by atomic mass is 9.99. The predicted molar refractivity (Wildman–Crippen MR) is 146 cm³/mol. The fourth-order valence-electron chi connectivity index (χ4n) is 4.58. The Hall–Kier alpha value is -4.67. The van der Waals surface area contributed by atoms with Crippen LogP contribution in [0.1, 0.15) is 35.4 Å². The van der Waals surface area contributed by atoms with Crippen LogP contribution in [0.15, 0.2) is 90.1 Å². The first-order valence-corrected chi connectivity index (χ1v) is 12.3. The minimum atomic E-state index is -0.689. The van der Waals surface area contributed by atoms with Crippen LogP contribution in [0.3, 0.4) is 0 Å². The van der Waals surface area contributed by atoms with Crippen LogP contribution in [-0.2, 0) is 23.1 Å². The minimum absolute atomic E-state index is 0.108. The Balaban J connectivity index is 1.57. The molecule has 188 valence electrons. The Morgan fingerprint density at radius 1 is 1.11 bits per heavy atom. The third-order valence-electron chi connectivity index (χ3n) is 6.44. The standard InChI is InChI=1S/C30H23ClN4O3/c1-19(36)38-30(22-9-6-20(15-32)7-10-22)28-16-33-18-35(28)17-21-8-11-27-26(12-21)25(14-29(37)34(27)2)23-4-3-5-24(31)13-23/h3-14,16,18,30H,17H2,1-2H3. The van der Waals surface area contributed by atoms with Crippen LogP contribution in [-0.4, -0.2) is 20.1 Å². The van der Waals surface area contributed by atoms with E-state index in [0.717, 1.165) is 33.2 Å². The Morgan fingerprint density at radius 3 is 2.61 bits per heavy atom. The van der Waals surface area contributed by atoms with Gasteiger partial charge < -0.3 is 13.9 Å². The van der Waals surface area contributed by atoms with Crippen LogP contribution in [0.5, 0.6) is 0 Å². The molecule has 3 aromatic carbocycles. The minimum Gasteiger partial charge on any atom is -0.451 e. The normalized spacial score (nSPS) is 11.7. The van der Waals surface area contributed by atoms with Crippen molar-refractivity contribution in [2.75, 3.05) is 0 Å². The van der Waals surface area contributed by atoms with Crippen molar-refractivity contribution < 1.29 is 9.53 Å². The summed E-state index contributed by atoms with van der Waals surface area (Å²) in [6, 6.07) is 24.1. The number of fused-ring (bicyclic) bond motifs is 1. The van der Waals surface area contributed by atoms with Crippen molar-refractivity contribution in [2.24, 2.45) is 7.05 Å². The van der Waals surface area contributed by atoms with Gasteiger partial charge in [0.05, 0.1) is 35.4 Å². The highest BCUT2D eigenvalue weighted by Gasteiger charge is 2.22. The second kappa shape index (κ2) is 10.4. The lowest BCUT2D eigenvalue weighted by Gasteiger charge is -2.20. The molecule has 0 N–H and O–H groups in total. The molecule has 1 atom stereocenters. The molecule has 0 amide bonds. The number of imidazole rings is 1. The molecule has 0 saturated carbocycles. The van der Waals surface area contributed by atoms with Crippen LogP contribution in [0, 0.1) is 11.3 Å². The zero-order valence-corrected chi connectivity index (χ0v) is 21.5. The summed E-state index contributed by atoms with van der Waals surface area (Å²) in [5, 5.41) is 10.6. The quantitative estimate of drug-likeness (QED) is 0.270. The number of rotatable bonds is 6. The third-order valence-corrected chi connectivity index (χ3v) is 6.67. The van der Waals surface area contributed by atoms with Crippen molar-refractivity contribution in [3.8, 4) is 17.2 Å². The second-order valence-electron chi connectivity index (χ2n) is 8.99. The number of aromatic nitrogens is 3. The van der Waals surface area contributed by atoms with Crippen molar-refractivity contribution in [1.29, 1.82) is 5.26 Å². The number of hydrogen-bond donors (Lipinski definition) is 0. The lowest BCUT2D eigenvalue weighted by molar-refractivity contribution is -0.145. The van der Waals surface area contributed by atoms with Gasteiger partial charge in [-0.2, -0.15) is 5.26 Å². The summed E-state index contributed by atoms with van der Waals surface area (Å²) < 4.78 is 9.23. The molecule has 0 aliphatic carbocycles. The van der Waals surface area contributed by atoms with Crippen molar-refractivity contribution >= 4 is 28.5 Å². The van der Waals surface area contributed by atoms with Gasteiger partial charge in [-0.3, -0.25) is 9.59 Å². The lowest BCUT2D eigenvalue weighted by Crippen LogP contribution is -2.17. The monoisotopic (exact) mass is 522 g/mol. The topological polar surface area (TPSA) is 89.9 Å². The molecule has 0 fully saturated rings. The van der Waals surface area contributed by atoms with Crippen LogP contribution in [0.4, 0.5) is 0 Å². The molecule has 7 nitrogen and oxygen atoms in total. The number of halogens is 1. The maximum atomic E-state index is 12.7. The van der Waals surface area contributed by atoms with Gasteiger partial charge in [-0.05, 0) is 58.7 Å². The highest BCUT2D eigenvalue weighted by atomic mass is 35.5. The average molecular weight is 523 g/mol. The van der Waals surface area contributed by atoms with Gasteiger partial charge in [0.2, 0.25) is 0 Å². The SMILES string of the molecule is CC(=O)OC(c1ccc(C#N)cc1)c1cncn1Cc1ccc2c(c1)c(-c1cccc(Cl)c1)cc(=O)n2C. The van der Waals surface area contributed by atoms with Crippen LogP contribution < -0.4 is 5.56 Å². The first-order chi connectivity index (χ1) is 18.3. The maximum Gasteiger partial charge on any atom is 0.303 e. The summed E-state index contributed by atoms with van der Waals surface area (Å²) in [5.41, 5.74) is 5.27. The number of aryl methyl sites for hydroxylation is 1. The van der Waals surface area contributed by atoms with E-state index >= 15 is 0 Å². The third kappa shape index (κ3) is 4.95. The number of nitrogens with zero attached hydrogens (tertiary/aromatic N) is 4. The molecule has 0 aliphatic rings. The highest BCUT2D eigenvalue weighted by molar-refractivity contribution is 6.30. The summed E-state index contributed by atoms with van der Waals surface area (Å²) >= 11 is 6.25. The molecule has 1 unspecified atom stereocenters. The first kappa shape index (κ1) is 25.0. The summed E-state index contributed by atoms with van der Waals surface area (Å²) in [5.74, 6) is -0.426. The average Bonchev–Trinajstić information content (AvgIpc) is 3.37. The van der Waals surface area contributed by atoms with E-state index in [-0.39, 0.29) is 5.56 Å². The number of hydrogen-bond acceptors (Lipinski definition) is 5. The predicted octanol–water partition coefficient (Wildman–Crippen LogP) is 5.63. The molecule has 8 heteroatoms. The molecule has 0 bridgehead atoms. The van der Waals surface area contributed by atoms with Gasteiger partial charge in [0.25, 0.3) is 5.56 Å².